The number of thiophene rings is 4. The molecule has 0 amide bonds. The summed E-state index contributed by atoms with van der Waals surface area (Å²) in [6.07, 6.45) is 0. The third kappa shape index (κ3) is 17.4. The van der Waals surface area contributed by atoms with Crippen LogP contribution in [0.4, 0.5) is 15.0 Å². The maximum absolute atomic E-state index is 6.79. The van der Waals surface area contributed by atoms with Crippen LogP contribution in [0.1, 0.15) is 55.6 Å². The van der Waals surface area contributed by atoms with Gasteiger partial charge in [0, 0.05) is 72.3 Å². The third-order valence-corrected chi connectivity index (χ3v) is 19.1. The van der Waals surface area contributed by atoms with E-state index in [1.165, 1.54) is 56.3 Å². The van der Waals surface area contributed by atoms with E-state index >= 15 is 0 Å². The minimum absolute atomic E-state index is 0.541. The Kier molecular flexibility index (Phi) is 26.7. The van der Waals surface area contributed by atoms with Crippen molar-refractivity contribution in [3.05, 3.63) is 196 Å². The Labute approximate surface area is 482 Å². The Morgan fingerprint density at radius 1 is 0.671 bits per heavy atom. The molecule has 0 radical (unpaired) electrons. The van der Waals surface area contributed by atoms with Crippen molar-refractivity contribution in [2.75, 3.05) is 7.05 Å². The number of aromatic nitrogens is 3. The van der Waals surface area contributed by atoms with Gasteiger partial charge in [0.2, 0.25) is 15.0 Å². The van der Waals surface area contributed by atoms with Crippen LogP contribution in [0.3, 0.4) is 0 Å². The maximum Gasteiger partial charge on any atom is 0.246 e. The molecule has 0 N–H and O–H groups in total. The molecule has 0 unspecified atom stereocenters. The van der Waals surface area contributed by atoms with E-state index < -0.39 is 0 Å². The normalized spacial score (nSPS) is 10.2. The van der Waals surface area contributed by atoms with E-state index in [2.05, 4.69) is 199 Å². The Morgan fingerprint density at radius 3 is 1.63 bits per heavy atom. The average molecular weight is 1420 g/mol. The van der Waals surface area contributed by atoms with E-state index in [0.717, 1.165) is 94.2 Å². The zero-order chi connectivity index (χ0) is 52.2. The topological polar surface area (TPSA) is 59.4 Å². The lowest BCUT2D eigenvalue weighted by Crippen LogP contribution is -2.13. The van der Waals surface area contributed by atoms with Crippen molar-refractivity contribution in [2.45, 2.75) is 61.9 Å². The molecular formula is C51H47Br6ClN8S4. The van der Waals surface area contributed by atoms with Crippen molar-refractivity contribution >= 4 is 169 Å². The van der Waals surface area contributed by atoms with Crippen LogP contribution in [0.5, 0.6) is 0 Å². The standard InChI is InChI=1S/C17H19ClN2.C16H16BrN3S.C6H3Br2NS.C6H4BrNS.C6H5NS.Br2/c1-13-8-7-9-14(2)16(13)17(18)19-20(3)12-15-10-5-4-6-11-15;1-9-6-5-7-10(2)13(9)15-18-16(20(4)19-15)14-11(3)12(17)8-21-14;1-3-4(7)5(8)10-6(3)9-2;1-4-5(7)3-9-6(4)8-2;1-5-3-4-8-6(5)7-2;1-2/h4-11H,12H2,1-3H3;5-8H,1-4H3;1H3;3H,1H3;3-4H,1H3;/b19-17-;;;;;. The summed E-state index contributed by atoms with van der Waals surface area (Å²) >= 11 is 31.6. The second kappa shape index (κ2) is 30.7. The molecule has 0 saturated heterocycles. The second-order valence-corrected chi connectivity index (χ2v) is 22.8. The molecule has 0 aliphatic rings. The molecule has 8 rings (SSSR count). The highest BCUT2D eigenvalue weighted by Crippen LogP contribution is 2.42. The third-order valence-electron chi connectivity index (χ3n) is 9.95. The van der Waals surface area contributed by atoms with Gasteiger partial charge in [0.1, 0.15) is 0 Å². The van der Waals surface area contributed by atoms with Crippen molar-refractivity contribution in [3.8, 4) is 22.1 Å². The molecule has 0 saturated carbocycles. The molecule has 70 heavy (non-hydrogen) atoms. The molecule has 8 aromatic rings. The van der Waals surface area contributed by atoms with Gasteiger partial charge in [-0.2, -0.15) is 32.9 Å². The van der Waals surface area contributed by atoms with Gasteiger partial charge < -0.3 is 0 Å². The van der Waals surface area contributed by atoms with Gasteiger partial charge in [-0.1, -0.05) is 100 Å². The molecule has 8 nitrogen and oxygen atoms in total. The molecule has 5 aromatic heterocycles. The number of hydrogen-bond donors (Lipinski definition) is 0. The Morgan fingerprint density at radius 2 is 1.21 bits per heavy atom. The van der Waals surface area contributed by atoms with Gasteiger partial charge in [-0.05, 0) is 164 Å². The molecule has 0 spiro atoms. The number of rotatable bonds is 6. The van der Waals surface area contributed by atoms with Gasteiger partial charge in [-0.25, -0.2) is 24.2 Å². The summed E-state index contributed by atoms with van der Waals surface area (Å²) < 4.78 is 6.03. The average Bonchev–Trinajstić information content (AvgIpc) is 4.15. The fourth-order valence-corrected chi connectivity index (χ4v) is 12.3. The molecule has 0 fully saturated rings. The molecule has 3 aromatic carbocycles. The summed E-state index contributed by atoms with van der Waals surface area (Å²) in [5.74, 6) is 1.72. The molecule has 0 aliphatic carbocycles. The quantitative estimate of drug-likeness (QED) is 0.0947. The predicted octanol–water partition coefficient (Wildman–Crippen LogP) is 21.0. The molecule has 5 heterocycles. The summed E-state index contributed by atoms with van der Waals surface area (Å²) in [6, 6.07) is 24.6. The second-order valence-electron chi connectivity index (χ2n) is 15.0. The number of aryl methyl sites for hydroxylation is 6. The van der Waals surface area contributed by atoms with Crippen LogP contribution in [-0.2, 0) is 13.6 Å². The van der Waals surface area contributed by atoms with Crippen LogP contribution in [0.25, 0.3) is 36.6 Å². The first-order valence-corrected chi connectivity index (χ1v) is 31.3. The molecule has 19 heteroatoms. The summed E-state index contributed by atoms with van der Waals surface area (Å²) in [7, 11) is 3.88. The molecule has 0 bridgehead atoms. The van der Waals surface area contributed by atoms with E-state index in [0.29, 0.717) is 5.17 Å². The van der Waals surface area contributed by atoms with Gasteiger partial charge >= 0.3 is 0 Å². The van der Waals surface area contributed by atoms with Crippen LogP contribution >= 0.6 is 149 Å². The maximum atomic E-state index is 6.79. The van der Waals surface area contributed by atoms with Crippen LogP contribution < -0.4 is 0 Å². The fourth-order valence-electron chi connectivity index (χ4n) is 6.22. The van der Waals surface area contributed by atoms with Gasteiger partial charge in [-0.3, -0.25) is 5.01 Å². The van der Waals surface area contributed by atoms with Crippen molar-refractivity contribution in [1.82, 2.24) is 19.8 Å². The highest BCUT2D eigenvalue weighted by molar-refractivity contribution is 9.93. The molecular weight excluding hydrogens is 1370 g/mol. The summed E-state index contributed by atoms with van der Waals surface area (Å²) in [4.78, 5) is 15.9. The summed E-state index contributed by atoms with van der Waals surface area (Å²) in [5.41, 5.74) is 12.4. The van der Waals surface area contributed by atoms with E-state index in [1.54, 1.807) is 11.3 Å². The van der Waals surface area contributed by atoms with Crippen molar-refractivity contribution in [2.24, 2.45) is 12.1 Å². The first-order chi connectivity index (χ1) is 33.3. The zero-order valence-corrected chi connectivity index (χ0v) is 53.3. The highest BCUT2D eigenvalue weighted by Gasteiger charge is 2.18. The van der Waals surface area contributed by atoms with Crippen LogP contribution in [0.2, 0.25) is 0 Å². The first-order valence-electron chi connectivity index (χ1n) is 20.6. The smallest absolute Gasteiger partial charge is 0.246 e. The number of halogens is 7. The first kappa shape index (κ1) is 61.0. The lowest BCUT2D eigenvalue weighted by atomic mass is 10.0. The van der Waals surface area contributed by atoms with Gasteiger partial charge in [0.15, 0.2) is 16.8 Å². The predicted molar refractivity (Wildman–Crippen MR) is 325 cm³/mol. The van der Waals surface area contributed by atoms with E-state index in [1.807, 2.05) is 85.6 Å². The molecule has 364 valence electrons. The van der Waals surface area contributed by atoms with E-state index in [-0.39, 0.29) is 0 Å². The Balaban J connectivity index is 0.000000243. The Bertz CT molecular complexity index is 3090. The van der Waals surface area contributed by atoms with Crippen LogP contribution in [0, 0.1) is 75.1 Å². The van der Waals surface area contributed by atoms with Crippen LogP contribution in [-0.4, -0.2) is 32.0 Å². The zero-order valence-electron chi connectivity index (χ0n) is 39.7. The van der Waals surface area contributed by atoms with Gasteiger partial charge in [0.25, 0.3) is 0 Å². The number of benzene rings is 3. The highest BCUT2D eigenvalue weighted by atomic mass is 80.9. The van der Waals surface area contributed by atoms with Gasteiger partial charge in [0.05, 0.1) is 34.9 Å². The lowest BCUT2D eigenvalue weighted by Gasteiger charge is -2.15. The van der Waals surface area contributed by atoms with Gasteiger partial charge in [-0.15, -0.1) is 22.7 Å². The Hall–Kier alpha value is -3.29. The fraction of sp³-hybridized carbons (Fsp3) is 0.216. The van der Waals surface area contributed by atoms with Crippen molar-refractivity contribution in [1.29, 1.82) is 0 Å². The largest absolute Gasteiger partial charge is 0.294 e. The number of nitrogens with zero attached hydrogens (tertiary/aromatic N) is 8. The number of hydrazone groups is 1. The lowest BCUT2D eigenvalue weighted by molar-refractivity contribution is 0.348. The molecule has 0 aliphatic heterocycles. The van der Waals surface area contributed by atoms with E-state index in [4.69, 9.17) is 36.3 Å². The number of hydrogen-bond acceptors (Lipinski definition) is 8. The minimum Gasteiger partial charge on any atom is -0.294 e. The summed E-state index contributed by atoms with van der Waals surface area (Å²) in [5, 5.41) is 19.8. The van der Waals surface area contributed by atoms with Crippen LogP contribution in [0.15, 0.2) is 111 Å². The minimum atomic E-state index is 0.541. The van der Waals surface area contributed by atoms with E-state index in [9.17, 15) is 0 Å². The molecule has 0 atom stereocenters. The monoisotopic (exact) mass is 1410 g/mol. The van der Waals surface area contributed by atoms with Crippen molar-refractivity contribution in [3.63, 3.8) is 0 Å². The summed E-state index contributed by atoms with van der Waals surface area (Å²) in [6.45, 7) is 37.1. The SMILES string of the molecule is BrBr.Cc1cccc(C)c1-c1nc(-c2scc(Br)c2C)n(C)n1.Cc1cccc(C)c1/C(Cl)=N/N(C)Cc1ccccc1.[C-]#[N+]c1sc(Br)c(Br)c1C.[C-]#[N+]c1scc(Br)c1C.[C-]#[N+]c1sccc1C. The van der Waals surface area contributed by atoms with Crippen molar-refractivity contribution < 1.29 is 0 Å².